The number of ether oxygens (including phenoxy) is 2. The van der Waals surface area contributed by atoms with Gasteiger partial charge in [0, 0.05) is 0 Å². The van der Waals surface area contributed by atoms with Crippen molar-refractivity contribution >= 4 is 56.4 Å². The predicted molar refractivity (Wildman–Crippen MR) is 190 cm³/mol. The van der Waals surface area contributed by atoms with Crippen molar-refractivity contribution in [1.29, 1.82) is 0 Å². The van der Waals surface area contributed by atoms with Crippen LogP contribution in [0.5, 0.6) is 0 Å². The molecule has 0 heterocycles. The van der Waals surface area contributed by atoms with Crippen LogP contribution in [-0.2, 0) is 25.2 Å². The first kappa shape index (κ1) is 43.4. The molecule has 6 nitrogen and oxygen atoms in total. The summed E-state index contributed by atoms with van der Waals surface area (Å²) in [6.45, 7) is 11.1. The number of hydrogen-bond acceptors (Lipinski definition) is 8. The Balaban J connectivity index is 5.75. The van der Waals surface area contributed by atoms with E-state index in [1.807, 2.05) is 0 Å². The molecular weight excluding hydrogens is 687 g/mol. The quantitative estimate of drug-likeness (QED) is 0.0405. The van der Waals surface area contributed by atoms with Crippen molar-refractivity contribution in [3.05, 3.63) is 0 Å². The van der Waals surface area contributed by atoms with Crippen molar-refractivity contribution in [2.75, 3.05) is 37.9 Å². The molecule has 2 unspecified atom stereocenters. The third kappa shape index (κ3) is 23.3. The Bertz CT molecular complexity index is 600. The van der Waals surface area contributed by atoms with Crippen LogP contribution in [0.3, 0.4) is 0 Å². The van der Waals surface area contributed by atoms with E-state index >= 15 is 0 Å². The molecule has 0 saturated carbocycles. The summed E-state index contributed by atoms with van der Waals surface area (Å²) in [7, 11) is 0. The maximum atomic E-state index is 13.7. The van der Waals surface area contributed by atoms with E-state index in [0.29, 0.717) is 50.8 Å². The van der Waals surface area contributed by atoms with Gasteiger partial charge >= 0.3 is 284 Å². The van der Waals surface area contributed by atoms with Crippen LogP contribution in [0.1, 0.15) is 143 Å². The summed E-state index contributed by atoms with van der Waals surface area (Å²) in [4.78, 5) is 27.3. The average molecular weight is 756 g/mol. The van der Waals surface area contributed by atoms with Gasteiger partial charge in [0.1, 0.15) is 0 Å². The van der Waals surface area contributed by atoms with E-state index in [2.05, 4.69) is 53.0 Å². The fourth-order valence-electron chi connectivity index (χ4n) is 4.95. The van der Waals surface area contributed by atoms with Crippen molar-refractivity contribution in [3.8, 4) is 0 Å². The molecule has 0 radical (unpaired) electrons. The topological polar surface area (TPSA) is 71.1 Å². The first-order valence-corrected chi connectivity index (χ1v) is 25.4. The summed E-state index contributed by atoms with van der Waals surface area (Å²) < 4.78 is 26.0. The van der Waals surface area contributed by atoms with Crippen LogP contribution in [0, 0.1) is 11.8 Å². The van der Waals surface area contributed by atoms with E-state index in [9.17, 15) is 9.59 Å². The molecule has 9 heteroatoms. The molecule has 0 fully saturated rings. The van der Waals surface area contributed by atoms with Gasteiger partial charge in [-0.15, -0.1) is 0 Å². The number of thiol groups is 2. The predicted octanol–water partition coefficient (Wildman–Crippen LogP) is 9.74. The Morgan fingerprint density at radius 2 is 0.860 bits per heavy atom. The van der Waals surface area contributed by atoms with Gasteiger partial charge in [0.25, 0.3) is 0 Å². The summed E-state index contributed by atoms with van der Waals surface area (Å²) in [6, 6.07) is 0. The van der Waals surface area contributed by atoms with Crippen LogP contribution in [0.2, 0.25) is 8.87 Å². The van der Waals surface area contributed by atoms with Crippen molar-refractivity contribution in [1.82, 2.24) is 0 Å². The van der Waals surface area contributed by atoms with Gasteiger partial charge in [-0.2, -0.15) is 0 Å². The van der Waals surface area contributed by atoms with Crippen LogP contribution in [-0.4, -0.2) is 69.1 Å². The summed E-state index contributed by atoms with van der Waals surface area (Å²) >= 11 is 4.83. The Kier molecular flexibility index (Phi) is 31.2. The first-order chi connectivity index (χ1) is 20.9. The molecule has 0 aliphatic carbocycles. The second-order valence-electron chi connectivity index (χ2n) is 12.1. The molecule has 0 N–H and O–H groups in total. The van der Waals surface area contributed by atoms with Gasteiger partial charge in [0.15, 0.2) is 0 Å². The van der Waals surface area contributed by atoms with Crippen molar-refractivity contribution in [3.63, 3.8) is 0 Å². The zero-order chi connectivity index (χ0) is 32.0. The molecule has 0 aliphatic rings. The van der Waals surface area contributed by atoms with Crippen LogP contribution in [0.4, 0.5) is 0 Å². The summed E-state index contributed by atoms with van der Waals surface area (Å²) in [6.07, 6.45) is 19.0. The van der Waals surface area contributed by atoms with Crippen LogP contribution in [0.25, 0.3) is 0 Å². The maximum absolute atomic E-state index is 13.7. The minimum atomic E-state index is -4.17. The normalized spacial score (nSPS) is 13.2. The average Bonchev–Trinajstić information content (AvgIpc) is 3.00. The van der Waals surface area contributed by atoms with Gasteiger partial charge in [-0.25, -0.2) is 0 Å². The van der Waals surface area contributed by atoms with E-state index in [4.69, 9.17) is 15.6 Å². The fourth-order valence-corrected chi connectivity index (χ4v) is 15.2. The van der Waals surface area contributed by atoms with Gasteiger partial charge in [0.05, 0.1) is 0 Å². The molecular formula is C34H68O6S2Sn. The summed E-state index contributed by atoms with van der Waals surface area (Å²) in [5, 5.41) is 0. The van der Waals surface area contributed by atoms with Gasteiger partial charge in [0.2, 0.25) is 0 Å². The number of hydrogen-bond donors (Lipinski definition) is 2. The van der Waals surface area contributed by atoms with E-state index in [1.54, 1.807) is 0 Å². The Hall–Kier alpha value is 0.359. The zero-order valence-corrected chi connectivity index (χ0v) is 33.0. The third-order valence-electron chi connectivity index (χ3n) is 8.01. The molecule has 0 amide bonds. The summed E-state index contributed by atoms with van der Waals surface area (Å²) in [5.41, 5.74) is 0. The van der Waals surface area contributed by atoms with E-state index in [1.165, 1.54) is 38.5 Å². The van der Waals surface area contributed by atoms with Crippen LogP contribution < -0.4 is 0 Å². The monoisotopic (exact) mass is 756 g/mol. The Labute approximate surface area is 282 Å². The molecule has 2 atom stereocenters. The molecule has 0 bridgehead atoms. The van der Waals surface area contributed by atoms with Gasteiger partial charge in [-0.3, -0.25) is 0 Å². The molecule has 0 saturated heterocycles. The number of carbonyl (C=O) groups excluding carboxylic acids is 2. The number of rotatable bonds is 32. The molecule has 0 aromatic heterocycles. The molecule has 0 rings (SSSR count). The van der Waals surface area contributed by atoms with Gasteiger partial charge < -0.3 is 0 Å². The van der Waals surface area contributed by atoms with Crippen molar-refractivity contribution < 1.29 is 25.2 Å². The zero-order valence-electron chi connectivity index (χ0n) is 28.4. The second-order valence-corrected chi connectivity index (χ2v) is 22.0. The Morgan fingerprint density at radius 1 is 0.512 bits per heavy atom. The summed E-state index contributed by atoms with van der Waals surface area (Å²) in [5.74, 6) is -0.425. The number of carbonyl (C=O) groups is 2. The first-order valence-electron chi connectivity index (χ1n) is 17.8. The van der Waals surface area contributed by atoms with Crippen molar-refractivity contribution in [2.45, 2.75) is 152 Å². The molecule has 256 valence electrons. The number of unbranched alkanes of at least 4 members (excludes halogenated alkanes) is 12. The molecule has 0 aromatic carbocycles. The minimum absolute atomic E-state index is 0.250. The van der Waals surface area contributed by atoms with Crippen LogP contribution >= 0.6 is 25.3 Å². The molecule has 0 aliphatic heterocycles. The SMILES string of the molecule is CCCCCCC[CH2][Sn]([CH2]CCCCCCC)([O]C(=O)C(CS)CCOCCCC)[O]C(=O)C(CS)CCOCCCC. The van der Waals surface area contributed by atoms with E-state index in [-0.39, 0.29) is 23.8 Å². The third-order valence-corrected chi connectivity index (χ3v) is 18.5. The molecule has 0 aromatic rings. The van der Waals surface area contributed by atoms with E-state index < -0.39 is 19.2 Å². The van der Waals surface area contributed by atoms with Gasteiger partial charge in [-0.05, 0) is 0 Å². The Morgan fingerprint density at radius 3 is 1.21 bits per heavy atom. The second kappa shape index (κ2) is 31.0. The van der Waals surface area contributed by atoms with Crippen LogP contribution in [0.15, 0.2) is 0 Å². The van der Waals surface area contributed by atoms with Crippen molar-refractivity contribution in [2.24, 2.45) is 11.8 Å². The molecule has 43 heavy (non-hydrogen) atoms. The standard InChI is InChI=1S/2C9H18O3S.2C8H17.Sn/c2*1-2-3-5-12-6-4-8(7-13)9(10)11;2*1-3-5-7-8-6-4-2;/h2*8,13H,2-7H2,1H3,(H,10,11);2*1,3-8H2,2H3;/q;;;;+2/p-2. The van der Waals surface area contributed by atoms with Gasteiger partial charge in [-0.1, -0.05) is 0 Å². The van der Waals surface area contributed by atoms with E-state index in [0.717, 1.165) is 73.1 Å². The fraction of sp³-hybridized carbons (Fsp3) is 0.941. The molecule has 0 spiro atoms.